The largest absolute Gasteiger partial charge is 1.00 e. The summed E-state index contributed by atoms with van der Waals surface area (Å²) in [5, 5.41) is 0. The predicted molar refractivity (Wildman–Crippen MR) is 91.5 cm³/mol. The molecule has 0 heterocycles. The van der Waals surface area contributed by atoms with Gasteiger partial charge in [-0.25, -0.2) is 0 Å². The summed E-state index contributed by atoms with van der Waals surface area (Å²) in [7, 11) is -4.21. The van der Waals surface area contributed by atoms with E-state index in [1.54, 1.807) is 0 Å². The van der Waals surface area contributed by atoms with E-state index >= 15 is 0 Å². The smallest absolute Gasteiger partial charge is 0.397 e. The minimum absolute atomic E-state index is 0. The monoisotopic (exact) mass is 700 g/mol. The van der Waals surface area contributed by atoms with Crippen LogP contribution >= 0.6 is 90.4 Å². The molecule has 10 heteroatoms. The molecule has 0 unspecified atom stereocenters. The van der Waals surface area contributed by atoms with Gasteiger partial charge in [0.1, 0.15) is 4.90 Å². The molecule has 1 aromatic carbocycles. The maximum Gasteiger partial charge on any atom is 1.00 e. The SMILES string of the molecule is Nc1c(I)c(I)c(S(=O)(=O)O)c(I)c1I.[Na+]. The number of hydrogen-bond acceptors (Lipinski definition) is 3. The molecule has 0 aliphatic carbocycles. The van der Waals surface area contributed by atoms with E-state index < -0.39 is 10.1 Å². The molecule has 0 fully saturated rings. The molecule has 0 aromatic heterocycles. The molecular weight excluding hydrogens is 697 g/mol. The second kappa shape index (κ2) is 7.03. The van der Waals surface area contributed by atoms with Gasteiger partial charge in [-0.2, -0.15) is 8.42 Å². The van der Waals surface area contributed by atoms with Gasteiger partial charge in [0.2, 0.25) is 0 Å². The molecule has 0 aliphatic rings. The van der Waals surface area contributed by atoms with Gasteiger partial charge in [-0.05, 0) is 90.4 Å². The van der Waals surface area contributed by atoms with Crippen molar-refractivity contribution in [3.63, 3.8) is 0 Å². The second-order valence-electron chi connectivity index (χ2n) is 2.47. The van der Waals surface area contributed by atoms with Crippen molar-refractivity contribution in [1.29, 1.82) is 0 Å². The van der Waals surface area contributed by atoms with Crippen molar-refractivity contribution >= 4 is 106 Å². The zero-order valence-corrected chi connectivity index (χ0v) is 19.2. The van der Waals surface area contributed by atoms with Crippen LogP contribution in [0.5, 0.6) is 0 Å². The Balaban J connectivity index is 0.00000225. The third-order valence-corrected chi connectivity index (χ3v) is 9.63. The van der Waals surface area contributed by atoms with Gasteiger partial charge in [0, 0.05) is 0 Å². The Hall–Kier alpha value is 2.85. The van der Waals surface area contributed by atoms with Crippen LogP contribution in [0.3, 0.4) is 0 Å². The van der Waals surface area contributed by atoms with Crippen molar-refractivity contribution in [2.24, 2.45) is 0 Å². The fourth-order valence-corrected chi connectivity index (χ4v) is 6.78. The first-order valence-electron chi connectivity index (χ1n) is 3.26. The van der Waals surface area contributed by atoms with Crippen molar-refractivity contribution in [2.75, 3.05) is 5.73 Å². The maximum atomic E-state index is 11.2. The van der Waals surface area contributed by atoms with Crippen LogP contribution < -0.4 is 35.3 Å². The first-order valence-corrected chi connectivity index (χ1v) is 9.02. The quantitative estimate of drug-likeness (QED) is 0.142. The first-order chi connectivity index (χ1) is 6.68. The van der Waals surface area contributed by atoms with Crippen molar-refractivity contribution in [3.05, 3.63) is 14.3 Å². The van der Waals surface area contributed by atoms with Gasteiger partial charge < -0.3 is 5.73 Å². The fourth-order valence-electron chi connectivity index (χ4n) is 0.855. The maximum absolute atomic E-state index is 11.2. The molecule has 0 radical (unpaired) electrons. The van der Waals surface area contributed by atoms with Gasteiger partial charge in [-0.1, -0.05) is 0 Å². The first kappa shape index (κ1) is 18.9. The van der Waals surface area contributed by atoms with Crippen molar-refractivity contribution < 1.29 is 42.5 Å². The zero-order valence-electron chi connectivity index (χ0n) is 7.76. The second-order valence-corrected chi connectivity index (χ2v) is 8.15. The Labute approximate surface area is 170 Å². The number of halogens is 4. The summed E-state index contributed by atoms with van der Waals surface area (Å²) < 4.78 is 33.7. The summed E-state index contributed by atoms with van der Waals surface area (Å²) >= 11 is 7.65. The van der Waals surface area contributed by atoms with Gasteiger partial charge in [0.25, 0.3) is 10.1 Å². The van der Waals surface area contributed by atoms with Crippen molar-refractivity contribution in [1.82, 2.24) is 0 Å². The molecule has 0 spiro atoms. The molecule has 0 saturated carbocycles. The minimum Gasteiger partial charge on any atom is -0.397 e. The Bertz CT molecular complexity index is 504. The average molecular weight is 700 g/mol. The van der Waals surface area contributed by atoms with Crippen molar-refractivity contribution in [3.8, 4) is 0 Å². The van der Waals surface area contributed by atoms with Crippen LogP contribution in [0, 0.1) is 14.3 Å². The molecule has 16 heavy (non-hydrogen) atoms. The van der Waals surface area contributed by atoms with Gasteiger partial charge >= 0.3 is 29.6 Å². The Kier molecular flexibility index (Phi) is 8.28. The zero-order chi connectivity index (χ0) is 12.0. The molecular formula is C6H3I4NNaO3S+. The van der Waals surface area contributed by atoms with Crippen LogP contribution in [0.4, 0.5) is 5.69 Å². The number of benzene rings is 1. The van der Waals surface area contributed by atoms with Crippen LogP contribution in [0.25, 0.3) is 0 Å². The molecule has 0 amide bonds. The molecule has 0 bridgehead atoms. The molecule has 3 N–H and O–H groups in total. The molecule has 1 aromatic rings. The summed E-state index contributed by atoms with van der Waals surface area (Å²) in [6.07, 6.45) is 0. The molecule has 1 rings (SSSR count). The van der Waals surface area contributed by atoms with Crippen LogP contribution in [0.2, 0.25) is 0 Å². The van der Waals surface area contributed by atoms with Gasteiger partial charge in [-0.15, -0.1) is 0 Å². The Morgan fingerprint density at radius 2 is 1.25 bits per heavy atom. The van der Waals surface area contributed by atoms with Crippen LogP contribution in [-0.2, 0) is 10.1 Å². The number of rotatable bonds is 1. The molecule has 0 aliphatic heterocycles. The van der Waals surface area contributed by atoms with E-state index in [0.29, 0.717) is 20.0 Å². The normalized spacial score (nSPS) is 11.1. The third kappa shape index (κ3) is 3.92. The Morgan fingerprint density at radius 1 is 0.938 bits per heavy atom. The van der Waals surface area contributed by atoms with E-state index in [-0.39, 0.29) is 34.5 Å². The third-order valence-electron chi connectivity index (χ3n) is 1.52. The molecule has 4 nitrogen and oxygen atoms in total. The molecule has 84 valence electrons. The standard InChI is InChI=1S/C6H3I4NO3S.Na/c7-1-3(9)6(15(12,13)14)4(10)2(8)5(1)11;/h11H2,(H,12,13,14);/q;+1. The van der Waals surface area contributed by atoms with E-state index in [9.17, 15) is 8.42 Å². The van der Waals surface area contributed by atoms with E-state index in [1.165, 1.54) is 0 Å². The van der Waals surface area contributed by atoms with Gasteiger partial charge in [0.05, 0.1) is 20.0 Å². The number of hydrogen-bond donors (Lipinski definition) is 2. The van der Waals surface area contributed by atoms with E-state index in [4.69, 9.17) is 10.3 Å². The average Bonchev–Trinajstić information content (AvgIpc) is 2.09. The molecule has 0 atom stereocenters. The summed E-state index contributed by atoms with van der Waals surface area (Å²) in [5.74, 6) is 0. The number of anilines is 1. The van der Waals surface area contributed by atoms with Crippen LogP contribution in [-0.4, -0.2) is 13.0 Å². The number of nitrogen functional groups attached to an aromatic ring is 1. The van der Waals surface area contributed by atoms with Gasteiger partial charge in [0.15, 0.2) is 0 Å². The van der Waals surface area contributed by atoms with Gasteiger partial charge in [-0.3, -0.25) is 4.55 Å². The van der Waals surface area contributed by atoms with E-state index in [1.807, 2.05) is 90.4 Å². The van der Waals surface area contributed by atoms with Crippen molar-refractivity contribution in [2.45, 2.75) is 4.90 Å². The predicted octanol–water partition coefficient (Wildman–Crippen LogP) is -0.0621. The van der Waals surface area contributed by atoms with Crippen LogP contribution in [0.1, 0.15) is 0 Å². The fraction of sp³-hybridized carbons (Fsp3) is 0. The van der Waals surface area contributed by atoms with E-state index in [0.717, 1.165) is 0 Å². The summed E-state index contributed by atoms with van der Waals surface area (Å²) in [4.78, 5) is -0.0632. The van der Waals surface area contributed by atoms with E-state index in [2.05, 4.69) is 0 Å². The Morgan fingerprint density at radius 3 is 1.50 bits per heavy atom. The summed E-state index contributed by atoms with van der Waals surface area (Å²) in [6, 6.07) is 0. The topological polar surface area (TPSA) is 80.4 Å². The van der Waals surface area contributed by atoms with Crippen LogP contribution in [0.15, 0.2) is 4.90 Å². The number of nitrogens with two attached hydrogens (primary N) is 1. The summed E-state index contributed by atoms with van der Waals surface area (Å²) in [5.41, 5.74) is 6.33. The summed E-state index contributed by atoms with van der Waals surface area (Å²) in [6.45, 7) is 0. The molecule has 0 saturated heterocycles. The minimum atomic E-state index is -4.21.